The third-order valence-corrected chi connectivity index (χ3v) is 7.59. The number of aryl methyl sites for hydroxylation is 1. The summed E-state index contributed by atoms with van der Waals surface area (Å²) in [4.78, 5) is 16.5. The van der Waals surface area contributed by atoms with Gasteiger partial charge >= 0.3 is 0 Å². The highest BCUT2D eigenvalue weighted by Gasteiger charge is 2.43. The molecule has 1 unspecified atom stereocenters. The maximum Gasteiger partial charge on any atom is 0.262 e. The van der Waals surface area contributed by atoms with Crippen LogP contribution in [0.3, 0.4) is 0 Å². The summed E-state index contributed by atoms with van der Waals surface area (Å²) in [6.07, 6.45) is 6.69. The van der Waals surface area contributed by atoms with E-state index in [-0.39, 0.29) is 24.2 Å². The van der Waals surface area contributed by atoms with E-state index in [2.05, 4.69) is 29.3 Å². The molecule has 6 heteroatoms. The largest absolute Gasteiger partial charge is 0.454 e. The van der Waals surface area contributed by atoms with Crippen molar-refractivity contribution in [2.45, 2.75) is 51.1 Å². The summed E-state index contributed by atoms with van der Waals surface area (Å²) in [5, 5.41) is 3.59. The first-order chi connectivity index (χ1) is 15.1. The predicted octanol–water partition coefficient (Wildman–Crippen LogP) is 5.61. The molecular formula is C25H28N2O3S. The van der Waals surface area contributed by atoms with Crippen molar-refractivity contribution in [1.82, 2.24) is 4.90 Å². The third-order valence-electron chi connectivity index (χ3n) is 6.47. The van der Waals surface area contributed by atoms with Gasteiger partial charge < -0.3 is 19.7 Å². The van der Waals surface area contributed by atoms with Gasteiger partial charge in [0.15, 0.2) is 17.0 Å². The lowest BCUT2D eigenvalue weighted by atomic mass is 9.85. The summed E-state index contributed by atoms with van der Waals surface area (Å²) in [5.41, 5.74) is 2.99. The number of rotatable bonds is 4. The second-order valence-electron chi connectivity index (χ2n) is 8.59. The van der Waals surface area contributed by atoms with Crippen LogP contribution in [0.2, 0.25) is 0 Å². The van der Waals surface area contributed by atoms with Crippen LogP contribution < -0.4 is 14.8 Å². The fourth-order valence-corrected chi connectivity index (χ4v) is 5.93. The van der Waals surface area contributed by atoms with Crippen LogP contribution in [0.25, 0.3) is 6.08 Å². The Hall–Kier alpha value is -2.60. The Labute approximate surface area is 187 Å². The van der Waals surface area contributed by atoms with Gasteiger partial charge in [-0.15, -0.1) is 0 Å². The number of nitrogens with one attached hydrogen (secondary N) is 1. The average Bonchev–Trinajstić information content (AvgIpc) is 3.34. The van der Waals surface area contributed by atoms with E-state index >= 15 is 0 Å². The number of ether oxygens (including phenoxy) is 2. The lowest BCUT2D eigenvalue weighted by molar-refractivity contribution is -0.129. The Kier molecular flexibility index (Phi) is 5.57. The number of nitrogens with zero attached hydrogens (tertiary/aromatic N) is 1. The summed E-state index contributed by atoms with van der Waals surface area (Å²) >= 11 is 1.61. The molecule has 31 heavy (non-hydrogen) atoms. The molecule has 1 N–H and O–H groups in total. The molecule has 2 aliphatic heterocycles. The smallest absolute Gasteiger partial charge is 0.262 e. The van der Waals surface area contributed by atoms with Crippen molar-refractivity contribution in [1.29, 1.82) is 0 Å². The van der Waals surface area contributed by atoms with Crippen LogP contribution in [-0.4, -0.2) is 29.1 Å². The molecule has 1 saturated heterocycles. The molecule has 2 fully saturated rings. The van der Waals surface area contributed by atoms with Gasteiger partial charge in [0.05, 0.1) is 4.91 Å². The lowest BCUT2D eigenvalue weighted by Gasteiger charge is -2.39. The van der Waals surface area contributed by atoms with Gasteiger partial charge in [-0.25, -0.2) is 0 Å². The minimum atomic E-state index is -0.110. The second kappa shape index (κ2) is 8.50. The second-order valence-corrected chi connectivity index (χ2v) is 9.71. The lowest BCUT2D eigenvalue weighted by Crippen LogP contribution is -2.48. The van der Waals surface area contributed by atoms with Crippen LogP contribution in [-0.2, 0) is 4.79 Å². The summed E-state index contributed by atoms with van der Waals surface area (Å²) in [5.74, 6) is 2.13. The summed E-state index contributed by atoms with van der Waals surface area (Å²) in [7, 11) is 0. The molecule has 2 heterocycles. The van der Waals surface area contributed by atoms with Crippen LogP contribution in [0.15, 0.2) is 47.4 Å². The number of hydrogen-bond donors (Lipinski definition) is 1. The molecular weight excluding hydrogens is 408 g/mol. The zero-order valence-corrected chi connectivity index (χ0v) is 18.8. The number of carbonyl (C=O) groups excluding carboxylic acids is 1. The fraction of sp³-hybridized carbons (Fsp3) is 0.400. The fourth-order valence-electron chi connectivity index (χ4n) is 4.72. The summed E-state index contributed by atoms with van der Waals surface area (Å²) in [6, 6.07) is 14.4. The van der Waals surface area contributed by atoms with Crippen LogP contribution in [0.5, 0.6) is 11.5 Å². The molecule has 5 nitrogen and oxygen atoms in total. The van der Waals surface area contributed by atoms with E-state index in [4.69, 9.17) is 9.47 Å². The molecule has 0 spiro atoms. The normalized spacial score (nSPS) is 26.5. The molecule has 2 aromatic rings. The van der Waals surface area contributed by atoms with E-state index in [1.807, 2.05) is 43.3 Å². The molecule has 0 bridgehead atoms. The van der Waals surface area contributed by atoms with Gasteiger partial charge in [-0.1, -0.05) is 49.7 Å². The Morgan fingerprint density at radius 2 is 1.84 bits per heavy atom. The molecule has 0 aromatic heterocycles. The van der Waals surface area contributed by atoms with E-state index in [1.165, 1.54) is 19.3 Å². The van der Waals surface area contributed by atoms with Crippen LogP contribution >= 0.6 is 11.8 Å². The minimum absolute atomic E-state index is 0.110. The molecule has 3 aliphatic rings. The van der Waals surface area contributed by atoms with Crippen molar-refractivity contribution in [3.05, 3.63) is 58.5 Å². The third kappa shape index (κ3) is 4.01. The zero-order valence-electron chi connectivity index (χ0n) is 18.0. The van der Waals surface area contributed by atoms with Gasteiger partial charge in [0, 0.05) is 11.7 Å². The van der Waals surface area contributed by atoms with Gasteiger partial charge in [0.2, 0.25) is 6.79 Å². The SMILES string of the molecule is Cc1cc2c(cc1/C=C1\SC(Nc3ccccc3)N([C@@H]3CCCC[C@H]3C)C1=O)OCO2. The van der Waals surface area contributed by atoms with Crippen molar-refractivity contribution in [2.24, 2.45) is 5.92 Å². The predicted molar refractivity (Wildman–Crippen MR) is 125 cm³/mol. The number of amides is 1. The van der Waals surface area contributed by atoms with Crippen molar-refractivity contribution >= 4 is 29.4 Å². The quantitative estimate of drug-likeness (QED) is 0.631. The van der Waals surface area contributed by atoms with E-state index in [0.717, 1.165) is 39.6 Å². The molecule has 5 rings (SSSR count). The van der Waals surface area contributed by atoms with Crippen LogP contribution in [0.4, 0.5) is 5.69 Å². The molecule has 1 aliphatic carbocycles. The number of para-hydroxylation sites is 1. The standard InChI is InChI=1S/C25H28N2O3S/c1-16-8-6-7-11-20(16)27-24(28)23(31-25(27)26-19-9-4-3-5-10-19)14-18-13-22-21(12-17(18)2)29-15-30-22/h3-5,9-10,12-14,16,20,25-26H,6-8,11,15H2,1-2H3/b23-14-/t16-,20-,25?/m1/s1. The Morgan fingerprint density at radius 1 is 1.10 bits per heavy atom. The maximum absolute atomic E-state index is 13.6. The summed E-state index contributed by atoms with van der Waals surface area (Å²) in [6.45, 7) is 4.57. The van der Waals surface area contributed by atoms with E-state index in [9.17, 15) is 4.79 Å². The first-order valence-electron chi connectivity index (χ1n) is 11.0. The number of hydrogen-bond acceptors (Lipinski definition) is 5. The number of anilines is 1. The molecule has 2 aromatic carbocycles. The Bertz CT molecular complexity index is 1010. The van der Waals surface area contributed by atoms with E-state index < -0.39 is 0 Å². The van der Waals surface area contributed by atoms with Crippen molar-refractivity contribution in [3.63, 3.8) is 0 Å². The van der Waals surface area contributed by atoms with Gasteiger partial charge in [-0.2, -0.15) is 0 Å². The van der Waals surface area contributed by atoms with E-state index in [1.54, 1.807) is 11.8 Å². The van der Waals surface area contributed by atoms with Crippen molar-refractivity contribution in [2.75, 3.05) is 12.1 Å². The Balaban J connectivity index is 1.48. The molecule has 1 amide bonds. The average molecular weight is 437 g/mol. The van der Waals surface area contributed by atoms with Crippen molar-refractivity contribution < 1.29 is 14.3 Å². The first kappa shape index (κ1) is 20.3. The monoisotopic (exact) mass is 436 g/mol. The highest BCUT2D eigenvalue weighted by Crippen LogP contribution is 2.43. The first-order valence-corrected chi connectivity index (χ1v) is 11.9. The number of benzene rings is 2. The van der Waals surface area contributed by atoms with Gasteiger partial charge in [-0.3, -0.25) is 4.79 Å². The number of fused-ring (bicyclic) bond motifs is 1. The van der Waals surface area contributed by atoms with Gasteiger partial charge in [0.1, 0.15) is 0 Å². The highest BCUT2D eigenvalue weighted by molar-refractivity contribution is 8.05. The maximum atomic E-state index is 13.6. The molecule has 3 atom stereocenters. The van der Waals surface area contributed by atoms with Crippen LogP contribution in [0, 0.1) is 12.8 Å². The highest BCUT2D eigenvalue weighted by atomic mass is 32.2. The van der Waals surface area contributed by atoms with Gasteiger partial charge in [0.25, 0.3) is 5.91 Å². The number of thioether (sulfide) groups is 1. The Morgan fingerprint density at radius 3 is 2.61 bits per heavy atom. The molecule has 162 valence electrons. The van der Waals surface area contributed by atoms with Gasteiger partial charge in [-0.05, 0) is 67.2 Å². The topological polar surface area (TPSA) is 50.8 Å². The van der Waals surface area contributed by atoms with E-state index in [0.29, 0.717) is 5.92 Å². The molecule has 1 saturated carbocycles. The number of carbonyl (C=O) groups is 1. The van der Waals surface area contributed by atoms with Crippen molar-refractivity contribution in [3.8, 4) is 11.5 Å². The summed E-state index contributed by atoms with van der Waals surface area (Å²) < 4.78 is 11.0. The minimum Gasteiger partial charge on any atom is -0.454 e. The molecule has 0 radical (unpaired) electrons. The zero-order chi connectivity index (χ0) is 21.4. The van der Waals surface area contributed by atoms with Crippen LogP contribution in [0.1, 0.15) is 43.7 Å².